The van der Waals surface area contributed by atoms with Gasteiger partial charge in [0.2, 0.25) is 0 Å². The van der Waals surface area contributed by atoms with Gasteiger partial charge in [0, 0.05) is 18.3 Å². The maximum atomic E-state index is 12.1. The van der Waals surface area contributed by atoms with Gasteiger partial charge in [0.15, 0.2) is 5.69 Å². The molecule has 0 aliphatic heterocycles. The molecule has 0 bridgehead atoms. The molecular weight excluding hydrogens is 362 g/mol. The molecule has 9 nitrogen and oxygen atoms in total. The first-order valence-corrected chi connectivity index (χ1v) is 8.29. The molecule has 0 radical (unpaired) electrons. The van der Waals surface area contributed by atoms with Crippen LogP contribution < -0.4 is 10.2 Å². The fourth-order valence-corrected chi connectivity index (χ4v) is 2.39. The normalized spacial score (nSPS) is 10.8. The van der Waals surface area contributed by atoms with Crippen LogP contribution in [-0.4, -0.2) is 33.9 Å². The predicted molar refractivity (Wildman–Crippen MR) is 102 cm³/mol. The third kappa shape index (κ3) is 4.79. The number of carbonyl (C=O) groups is 1. The van der Waals surface area contributed by atoms with Gasteiger partial charge in [-0.1, -0.05) is 12.1 Å². The summed E-state index contributed by atoms with van der Waals surface area (Å²) >= 11 is 0. The molecule has 142 valence electrons. The third-order valence-electron chi connectivity index (χ3n) is 3.86. The Bertz CT molecular complexity index is 994. The molecule has 0 saturated carbocycles. The molecule has 3 rings (SSSR count). The van der Waals surface area contributed by atoms with Gasteiger partial charge in [0.05, 0.1) is 24.8 Å². The minimum Gasteiger partial charge on any atom is -0.497 e. The largest absolute Gasteiger partial charge is 0.497 e. The highest BCUT2D eigenvalue weighted by Gasteiger charge is 2.09. The number of nitrogens with zero attached hydrogens (tertiary/aromatic N) is 4. The molecule has 1 heterocycles. The molecule has 0 unspecified atom stereocenters. The summed E-state index contributed by atoms with van der Waals surface area (Å²) in [6.07, 6.45) is 3.18. The van der Waals surface area contributed by atoms with Crippen LogP contribution >= 0.6 is 0 Å². The van der Waals surface area contributed by atoms with Crippen LogP contribution in [0.25, 0.3) is 0 Å². The van der Waals surface area contributed by atoms with E-state index < -0.39 is 10.8 Å². The van der Waals surface area contributed by atoms with E-state index in [0.29, 0.717) is 6.54 Å². The number of nitro groups is 1. The molecule has 0 aliphatic rings. The lowest BCUT2D eigenvalue weighted by atomic mass is 10.2. The summed E-state index contributed by atoms with van der Waals surface area (Å²) in [6, 6.07) is 15.0. The number of nitro benzene ring substituents is 1. The molecule has 28 heavy (non-hydrogen) atoms. The molecule has 0 aliphatic carbocycles. The second-order valence-corrected chi connectivity index (χ2v) is 5.79. The maximum absolute atomic E-state index is 12.1. The first kappa shape index (κ1) is 18.8. The Morgan fingerprint density at radius 2 is 1.93 bits per heavy atom. The van der Waals surface area contributed by atoms with Gasteiger partial charge in [0.25, 0.3) is 11.6 Å². The second-order valence-electron chi connectivity index (χ2n) is 5.79. The number of hydrazone groups is 1. The van der Waals surface area contributed by atoms with Gasteiger partial charge in [-0.15, -0.1) is 0 Å². The second kappa shape index (κ2) is 8.58. The van der Waals surface area contributed by atoms with Gasteiger partial charge < -0.3 is 4.74 Å². The van der Waals surface area contributed by atoms with Crippen LogP contribution in [0.1, 0.15) is 21.6 Å². The Morgan fingerprint density at radius 3 is 2.57 bits per heavy atom. The zero-order chi connectivity index (χ0) is 19.9. The van der Waals surface area contributed by atoms with Gasteiger partial charge >= 0.3 is 0 Å². The Balaban J connectivity index is 1.57. The van der Waals surface area contributed by atoms with E-state index in [1.165, 1.54) is 18.3 Å². The van der Waals surface area contributed by atoms with E-state index in [0.717, 1.165) is 16.9 Å². The number of hydrogen-bond acceptors (Lipinski definition) is 6. The summed E-state index contributed by atoms with van der Waals surface area (Å²) in [7, 11) is 1.59. The van der Waals surface area contributed by atoms with Crippen molar-refractivity contribution in [2.45, 2.75) is 6.54 Å². The molecule has 0 spiro atoms. The number of hydrogen-bond donors (Lipinski definition) is 1. The van der Waals surface area contributed by atoms with Crippen LogP contribution in [0.3, 0.4) is 0 Å². The summed E-state index contributed by atoms with van der Waals surface area (Å²) in [6.45, 7) is 0.389. The minimum absolute atomic E-state index is 0.0269. The van der Waals surface area contributed by atoms with Crippen molar-refractivity contribution in [3.63, 3.8) is 0 Å². The van der Waals surface area contributed by atoms with Crippen molar-refractivity contribution in [2.75, 3.05) is 7.11 Å². The van der Waals surface area contributed by atoms with E-state index in [9.17, 15) is 14.9 Å². The fraction of sp³-hybridized carbons (Fsp3) is 0.105. The summed E-state index contributed by atoms with van der Waals surface area (Å²) in [5.41, 5.74) is 4.31. The smallest absolute Gasteiger partial charge is 0.291 e. The Labute approximate surface area is 160 Å². The number of aromatic nitrogens is 2. The predicted octanol–water partition coefficient (Wildman–Crippen LogP) is 2.61. The number of benzene rings is 2. The van der Waals surface area contributed by atoms with Crippen LogP contribution in [0.5, 0.6) is 5.75 Å². The van der Waals surface area contributed by atoms with Crippen molar-refractivity contribution in [3.8, 4) is 5.75 Å². The molecule has 3 aromatic rings. The zero-order valence-electron chi connectivity index (χ0n) is 15.0. The first-order chi connectivity index (χ1) is 13.5. The van der Waals surface area contributed by atoms with Gasteiger partial charge in [-0.25, -0.2) is 5.43 Å². The molecule has 1 aromatic heterocycles. The molecule has 2 aromatic carbocycles. The Kier molecular flexibility index (Phi) is 5.75. The van der Waals surface area contributed by atoms with Gasteiger partial charge in [0.1, 0.15) is 5.75 Å². The van der Waals surface area contributed by atoms with E-state index in [2.05, 4.69) is 15.6 Å². The standard InChI is InChI=1S/C19H17N5O4/c1-28-17-8-4-14(5-9-17)12-20-21-19(25)18-10-11-23(22-18)13-15-2-6-16(7-3-15)24(26)27/h2-12H,13H2,1H3,(H,21,25)/b20-12-. The summed E-state index contributed by atoms with van der Waals surface area (Å²) in [4.78, 5) is 22.4. The number of carbonyl (C=O) groups excluding carboxylic acids is 1. The van der Waals surface area contributed by atoms with Crippen molar-refractivity contribution in [2.24, 2.45) is 5.10 Å². The number of methoxy groups -OCH3 is 1. The van der Waals surface area contributed by atoms with Crippen LogP contribution in [0.4, 0.5) is 5.69 Å². The minimum atomic E-state index is -0.452. The van der Waals surface area contributed by atoms with Gasteiger partial charge in [-0.2, -0.15) is 10.2 Å². The van der Waals surface area contributed by atoms with Gasteiger partial charge in [-0.05, 0) is 41.5 Å². The zero-order valence-corrected chi connectivity index (χ0v) is 15.0. The SMILES string of the molecule is COc1ccc(/C=N\NC(=O)c2ccn(Cc3ccc([N+](=O)[O-])cc3)n2)cc1. The van der Waals surface area contributed by atoms with E-state index in [4.69, 9.17) is 4.74 Å². The first-order valence-electron chi connectivity index (χ1n) is 8.29. The number of ether oxygens (including phenoxy) is 1. The van der Waals surface area contributed by atoms with Crippen molar-refractivity contribution in [1.29, 1.82) is 0 Å². The van der Waals surface area contributed by atoms with Crippen LogP contribution in [0.2, 0.25) is 0 Å². The number of rotatable bonds is 7. The molecule has 1 amide bonds. The van der Waals surface area contributed by atoms with Gasteiger partial charge in [-0.3, -0.25) is 19.6 Å². The van der Waals surface area contributed by atoms with E-state index in [1.54, 1.807) is 48.3 Å². The van der Waals surface area contributed by atoms with E-state index in [1.807, 2.05) is 12.1 Å². The number of amides is 1. The van der Waals surface area contributed by atoms with Crippen LogP contribution in [0, 0.1) is 10.1 Å². The van der Waals surface area contributed by atoms with Crippen LogP contribution in [-0.2, 0) is 6.54 Å². The molecule has 0 atom stereocenters. The quantitative estimate of drug-likeness (QED) is 0.385. The summed E-state index contributed by atoms with van der Waals surface area (Å²) in [5, 5.41) is 18.8. The van der Waals surface area contributed by atoms with Crippen LogP contribution in [0.15, 0.2) is 65.9 Å². The molecule has 1 N–H and O–H groups in total. The Hall–Kier alpha value is -4.01. The lowest BCUT2D eigenvalue weighted by molar-refractivity contribution is -0.384. The average Bonchev–Trinajstić information content (AvgIpc) is 3.17. The van der Waals surface area contributed by atoms with E-state index >= 15 is 0 Å². The number of non-ortho nitro benzene ring substituents is 1. The number of nitrogens with one attached hydrogen (secondary N) is 1. The monoisotopic (exact) mass is 379 g/mol. The van der Waals surface area contributed by atoms with Crippen molar-refractivity contribution < 1.29 is 14.5 Å². The highest BCUT2D eigenvalue weighted by Crippen LogP contribution is 2.13. The fourth-order valence-electron chi connectivity index (χ4n) is 2.39. The average molecular weight is 379 g/mol. The summed E-state index contributed by atoms with van der Waals surface area (Å²) < 4.78 is 6.65. The molecule has 9 heteroatoms. The van der Waals surface area contributed by atoms with Crippen molar-refractivity contribution in [1.82, 2.24) is 15.2 Å². The highest BCUT2D eigenvalue weighted by atomic mass is 16.6. The van der Waals surface area contributed by atoms with E-state index in [-0.39, 0.29) is 11.4 Å². The molecule has 0 fully saturated rings. The van der Waals surface area contributed by atoms with Crippen molar-refractivity contribution >= 4 is 17.8 Å². The lowest BCUT2D eigenvalue weighted by Gasteiger charge is -2.02. The Morgan fingerprint density at radius 1 is 1.21 bits per heavy atom. The molecular formula is C19H17N5O4. The summed E-state index contributed by atoms with van der Waals surface area (Å²) in [5.74, 6) is 0.298. The lowest BCUT2D eigenvalue weighted by Crippen LogP contribution is -2.18. The third-order valence-corrected chi connectivity index (χ3v) is 3.86. The maximum Gasteiger partial charge on any atom is 0.291 e. The molecule has 0 saturated heterocycles. The highest BCUT2D eigenvalue weighted by molar-refractivity contribution is 5.93. The van der Waals surface area contributed by atoms with Crippen molar-refractivity contribution in [3.05, 3.63) is 87.7 Å². The topological polar surface area (TPSA) is 112 Å².